The SMILES string of the molecule is CCCCn1c(Cc2ccc(Cl)c(Cl)c2)nc2sc(CC(=O)O)c(C)c2c1=O. The van der Waals surface area contributed by atoms with Gasteiger partial charge in [0.15, 0.2) is 0 Å². The van der Waals surface area contributed by atoms with E-state index >= 15 is 0 Å². The number of hydrogen-bond donors (Lipinski definition) is 1. The Hall–Kier alpha value is -1.89. The predicted molar refractivity (Wildman–Crippen MR) is 114 cm³/mol. The van der Waals surface area contributed by atoms with Gasteiger partial charge in [-0.1, -0.05) is 42.6 Å². The number of carbonyl (C=O) groups is 1. The maximum atomic E-state index is 13.2. The van der Waals surface area contributed by atoms with Crippen molar-refractivity contribution in [3.8, 4) is 0 Å². The Morgan fingerprint density at radius 1 is 1.29 bits per heavy atom. The van der Waals surface area contributed by atoms with Gasteiger partial charge in [0.05, 0.1) is 21.9 Å². The Kier molecular flexibility index (Phi) is 6.43. The molecule has 1 N–H and O–H groups in total. The zero-order valence-electron chi connectivity index (χ0n) is 15.6. The number of nitrogens with zero attached hydrogens (tertiary/aromatic N) is 2. The molecule has 0 unspecified atom stereocenters. The average molecular weight is 439 g/mol. The lowest BCUT2D eigenvalue weighted by molar-refractivity contribution is -0.136. The van der Waals surface area contributed by atoms with E-state index in [0.29, 0.717) is 49.5 Å². The van der Waals surface area contributed by atoms with E-state index in [2.05, 4.69) is 6.92 Å². The fraction of sp³-hybridized carbons (Fsp3) is 0.350. The maximum Gasteiger partial charge on any atom is 0.308 e. The molecule has 0 aliphatic carbocycles. The van der Waals surface area contributed by atoms with Crippen molar-refractivity contribution in [1.82, 2.24) is 9.55 Å². The summed E-state index contributed by atoms with van der Waals surface area (Å²) >= 11 is 13.4. The Morgan fingerprint density at radius 2 is 2.04 bits per heavy atom. The highest BCUT2D eigenvalue weighted by Gasteiger charge is 2.19. The van der Waals surface area contributed by atoms with Crippen LogP contribution in [0.5, 0.6) is 0 Å². The number of rotatable bonds is 7. The summed E-state index contributed by atoms with van der Waals surface area (Å²) in [6.07, 6.45) is 2.14. The van der Waals surface area contributed by atoms with Crippen molar-refractivity contribution in [2.75, 3.05) is 0 Å². The van der Waals surface area contributed by atoms with Gasteiger partial charge < -0.3 is 5.11 Å². The molecular weight excluding hydrogens is 419 g/mol. The second-order valence-electron chi connectivity index (χ2n) is 6.66. The highest BCUT2D eigenvalue weighted by Crippen LogP contribution is 2.29. The van der Waals surface area contributed by atoms with Gasteiger partial charge in [-0.05, 0) is 36.6 Å². The van der Waals surface area contributed by atoms with Crippen molar-refractivity contribution in [2.24, 2.45) is 0 Å². The zero-order chi connectivity index (χ0) is 20.4. The van der Waals surface area contributed by atoms with Crippen LogP contribution in [0.25, 0.3) is 10.2 Å². The van der Waals surface area contributed by atoms with Gasteiger partial charge in [0.2, 0.25) is 0 Å². The minimum Gasteiger partial charge on any atom is -0.481 e. The average Bonchev–Trinajstić information content (AvgIpc) is 2.93. The molecule has 5 nitrogen and oxygen atoms in total. The van der Waals surface area contributed by atoms with E-state index in [-0.39, 0.29) is 12.0 Å². The molecule has 0 amide bonds. The van der Waals surface area contributed by atoms with E-state index in [0.717, 1.165) is 18.4 Å². The van der Waals surface area contributed by atoms with Crippen molar-refractivity contribution in [2.45, 2.75) is 46.1 Å². The molecule has 0 saturated heterocycles. The summed E-state index contributed by atoms with van der Waals surface area (Å²) in [5.74, 6) is -0.274. The van der Waals surface area contributed by atoms with Gasteiger partial charge in [-0.2, -0.15) is 0 Å². The number of aromatic nitrogens is 2. The Balaban J connectivity index is 2.14. The summed E-state index contributed by atoms with van der Waals surface area (Å²) in [6.45, 7) is 4.43. The molecular formula is C20H20Cl2N2O3S. The van der Waals surface area contributed by atoms with Crippen molar-refractivity contribution in [3.05, 3.63) is 60.4 Å². The molecule has 148 valence electrons. The van der Waals surface area contributed by atoms with Crippen molar-refractivity contribution in [3.63, 3.8) is 0 Å². The molecule has 0 bridgehead atoms. The number of unbranched alkanes of at least 4 members (excludes halogenated alkanes) is 1. The van der Waals surface area contributed by atoms with Crippen LogP contribution in [-0.2, 0) is 24.2 Å². The Morgan fingerprint density at radius 3 is 2.68 bits per heavy atom. The molecule has 8 heteroatoms. The summed E-state index contributed by atoms with van der Waals surface area (Å²) < 4.78 is 1.71. The second kappa shape index (κ2) is 8.64. The first-order chi connectivity index (χ1) is 13.3. The smallest absolute Gasteiger partial charge is 0.308 e. The second-order valence-corrected chi connectivity index (χ2v) is 8.56. The van der Waals surface area contributed by atoms with E-state index in [1.165, 1.54) is 11.3 Å². The van der Waals surface area contributed by atoms with Gasteiger partial charge in [0.25, 0.3) is 5.56 Å². The van der Waals surface area contributed by atoms with E-state index in [9.17, 15) is 9.59 Å². The van der Waals surface area contributed by atoms with Crippen LogP contribution >= 0.6 is 34.5 Å². The molecule has 2 heterocycles. The van der Waals surface area contributed by atoms with Gasteiger partial charge in [0.1, 0.15) is 10.7 Å². The standard InChI is InChI=1S/C20H20Cl2N2O3S/c1-3-4-7-24-16(9-12-5-6-13(21)14(22)8-12)23-19-18(20(24)27)11(2)15(28-19)10-17(25)26/h5-6,8H,3-4,7,9-10H2,1-2H3,(H,25,26). The van der Waals surface area contributed by atoms with Crippen LogP contribution in [0.1, 0.15) is 41.6 Å². The van der Waals surface area contributed by atoms with Crippen LogP contribution < -0.4 is 5.56 Å². The lowest BCUT2D eigenvalue weighted by Crippen LogP contribution is -2.25. The van der Waals surface area contributed by atoms with E-state index in [1.54, 1.807) is 23.6 Å². The minimum absolute atomic E-state index is 0.108. The Labute approximate surface area is 176 Å². The molecule has 0 atom stereocenters. The van der Waals surface area contributed by atoms with Crippen LogP contribution in [0.15, 0.2) is 23.0 Å². The number of aliphatic carboxylic acids is 1. The third kappa shape index (κ3) is 4.24. The third-order valence-electron chi connectivity index (χ3n) is 4.62. The normalized spacial score (nSPS) is 11.3. The molecule has 0 aliphatic rings. The summed E-state index contributed by atoms with van der Waals surface area (Å²) in [4.78, 5) is 30.3. The monoisotopic (exact) mass is 438 g/mol. The van der Waals surface area contributed by atoms with Gasteiger partial charge in [-0.25, -0.2) is 4.98 Å². The summed E-state index contributed by atoms with van der Waals surface area (Å²) in [6, 6.07) is 5.37. The van der Waals surface area contributed by atoms with Gasteiger partial charge in [-0.3, -0.25) is 14.2 Å². The number of carboxylic acids is 1. The van der Waals surface area contributed by atoms with Crippen LogP contribution in [0, 0.1) is 6.92 Å². The van der Waals surface area contributed by atoms with Crippen LogP contribution in [-0.4, -0.2) is 20.6 Å². The number of thiophene rings is 1. The fourth-order valence-electron chi connectivity index (χ4n) is 3.12. The molecule has 1 aromatic carbocycles. The molecule has 2 aromatic heterocycles. The number of benzene rings is 1. The molecule has 0 spiro atoms. The number of fused-ring (bicyclic) bond motifs is 1. The minimum atomic E-state index is -0.919. The quantitative estimate of drug-likeness (QED) is 0.557. The summed E-state index contributed by atoms with van der Waals surface area (Å²) in [5.41, 5.74) is 1.51. The molecule has 0 aliphatic heterocycles. The number of aryl methyl sites for hydroxylation is 1. The third-order valence-corrected chi connectivity index (χ3v) is 6.55. The van der Waals surface area contributed by atoms with Gasteiger partial charge in [-0.15, -0.1) is 11.3 Å². The van der Waals surface area contributed by atoms with Crippen molar-refractivity contribution >= 4 is 50.7 Å². The predicted octanol–water partition coefficient (Wildman–Crippen LogP) is 5.09. The van der Waals surface area contributed by atoms with Crippen LogP contribution in [0.2, 0.25) is 10.0 Å². The van der Waals surface area contributed by atoms with E-state index in [4.69, 9.17) is 33.3 Å². The lowest BCUT2D eigenvalue weighted by atomic mass is 10.1. The summed E-state index contributed by atoms with van der Waals surface area (Å²) in [5, 5.41) is 10.6. The van der Waals surface area contributed by atoms with Crippen LogP contribution in [0.4, 0.5) is 0 Å². The summed E-state index contributed by atoms with van der Waals surface area (Å²) in [7, 11) is 0. The first-order valence-electron chi connectivity index (χ1n) is 8.99. The molecule has 3 rings (SSSR count). The molecule has 3 aromatic rings. The van der Waals surface area contributed by atoms with E-state index in [1.807, 2.05) is 6.07 Å². The number of halogens is 2. The number of carboxylic acid groups (broad SMARTS) is 1. The Bertz CT molecular complexity index is 1110. The zero-order valence-corrected chi connectivity index (χ0v) is 17.9. The van der Waals surface area contributed by atoms with E-state index < -0.39 is 5.97 Å². The van der Waals surface area contributed by atoms with Crippen molar-refractivity contribution < 1.29 is 9.90 Å². The van der Waals surface area contributed by atoms with Gasteiger partial charge in [0, 0.05) is 17.8 Å². The molecule has 0 fully saturated rings. The highest BCUT2D eigenvalue weighted by atomic mass is 35.5. The number of hydrogen-bond acceptors (Lipinski definition) is 4. The maximum absolute atomic E-state index is 13.2. The fourth-order valence-corrected chi connectivity index (χ4v) is 4.62. The first kappa shape index (κ1) is 20.8. The van der Waals surface area contributed by atoms with Gasteiger partial charge >= 0.3 is 5.97 Å². The molecule has 28 heavy (non-hydrogen) atoms. The first-order valence-corrected chi connectivity index (χ1v) is 10.6. The lowest BCUT2D eigenvalue weighted by Gasteiger charge is -2.13. The topological polar surface area (TPSA) is 72.2 Å². The highest BCUT2D eigenvalue weighted by molar-refractivity contribution is 7.18. The molecule has 0 radical (unpaired) electrons. The van der Waals surface area contributed by atoms with Crippen LogP contribution in [0.3, 0.4) is 0 Å². The largest absolute Gasteiger partial charge is 0.481 e. The molecule has 0 saturated carbocycles. The van der Waals surface area contributed by atoms with Crippen molar-refractivity contribution in [1.29, 1.82) is 0 Å².